The molecule has 1 aliphatic rings. The lowest BCUT2D eigenvalue weighted by molar-refractivity contribution is -0.130. The van der Waals surface area contributed by atoms with Crippen molar-refractivity contribution in [3.63, 3.8) is 0 Å². The van der Waals surface area contributed by atoms with Gasteiger partial charge in [0, 0.05) is 28.3 Å². The van der Waals surface area contributed by atoms with Gasteiger partial charge in [0.15, 0.2) is 29.0 Å². The third-order valence-electron chi connectivity index (χ3n) is 8.35. The average molecular weight is 725 g/mol. The summed E-state index contributed by atoms with van der Waals surface area (Å²) >= 11 is 0. The zero-order valence-corrected chi connectivity index (χ0v) is 29.0. The molecule has 15 nitrogen and oxygen atoms in total. The van der Waals surface area contributed by atoms with Crippen molar-refractivity contribution in [2.75, 3.05) is 19.7 Å². The van der Waals surface area contributed by atoms with E-state index in [0.717, 1.165) is 50.7 Å². The molecule has 17 heteroatoms. The lowest BCUT2D eigenvalue weighted by Gasteiger charge is -2.20. The van der Waals surface area contributed by atoms with Gasteiger partial charge in [-0.3, -0.25) is 19.2 Å². The van der Waals surface area contributed by atoms with Crippen molar-refractivity contribution < 1.29 is 32.7 Å². The topological polar surface area (TPSA) is 233 Å². The molecule has 0 spiro atoms. The lowest BCUT2D eigenvalue weighted by atomic mass is 10.0. The molecular weight excluding hydrogens is 678 g/mol. The Morgan fingerprint density at radius 3 is 2.17 bits per heavy atom. The number of hydrogen-bond acceptors (Lipinski definition) is 10. The van der Waals surface area contributed by atoms with Crippen LogP contribution in [0.15, 0.2) is 60.0 Å². The highest BCUT2D eigenvalue weighted by molar-refractivity contribution is 5.98. The molecule has 0 saturated heterocycles. The number of nitrogens with two attached hydrogens (primary N) is 2. The molecule has 1 aromatic heterocycles. The van der Waals surface area contributed by atoms with Crippen molar-refractivity contribution in [3.8, 4) is 5.75 Å². The van der Waals surface area contributed by atoms with Gasteiger partial charge in [-0.2, -0.15) is 0 Å². The zero-order valence-electron chi connectivity index (χ0n) is 29.0. The number of aromatic nitrogens is 3. The minimum atomic E-state index is -0.943. The fraction of sp³-hybridized carbons (Fsp3) is 0.486. The molecule has 1 heterocycles. The smallest absolute Gasteiger partial charge is 0.251 e. The number of amides is 2. The van der Waals surface area contributed by atoms with Gasteiger partial charge in [-0.05, 0) is 94.3 Å². The van der Waals surface area contributed by atoms with Gasteiger partial charge in [0.05, 0.1) is 18.3 Å². The first-order valence-corrected chi connectivity index (χ1v) is 17.3. The fourth-order valence-electron chi connectivity index (χ4n) is 5.54. The number of unbranched alkanes of at least 4 members (excludes halogenated alkanes) is 2. The molecule has 2 aromatic carbocycles. The number of benzene rings is 2. The van der Waals surface area contributed by atoms with Crippen LogP contribution in [0.2, 0.25) is 0 Å². The first-order valence-electron chi connectivity index (χ1n) is 17.3. The van der Waals surface area contributed by atoms with Crippen LogP contribution in [0, 0.1) is 17.6 Å². The molecule has 2 amide bonds. The largest absolute Gasteiger partial charge is 0.480 e. The summed E-state index contributed by atoms with van der Waals surface area (Å²) < 4.78 is 33.9. The van der Waals surface area contributed by atoms with Gasteiger partial charge in [-0.15, -0.1) is 5.10 Å². The van der Waals surface area contributed by atoms with Crippen LogP contribution in [-0.4, -0.2) is 70.2 Å². The number of carbonyl (C=O) groups excluding carboxylic acids is 4. The summed E-state index contributed by atoms with van der Waals surface area (Å²) in [5.41, 5.74) is 19.9. The van der Waals surface area contributed by atoms with E-state index in [-0.39, 0.29) is 41.8 Å². The third-order valence-corrected chi connectivity index (χ3v) is 8.35. The second kappa shape index (κ2) is 22.5. The minimum absolute atomic E-state index is 0.0159. The maximum absolute atomic E-state index is 13.7. The fourth-order valence-corrected chi connectivity index (χ4v) is 5.54. The maximum Gasteiger partial charge on any atom is 0.251 e. The SMILES string of the molecule is NCCCC[C@H](NC(=O)C1CCCC1)C(=O)Cn1ccnn1.[N-]=[N+]=Nc1cccc(C(=O)N[C@@H](CCCCN)C(=O)COc2c(F)cccc2F)c1. The van der Waals surface area contributed by atoms with Crippen molar-refractivity contribution in [3.05, 3.63) is 82.5 Å². The van der Waals surface area contributed by atoms with E-state index in [1.807, 2.05) is 0 Å². The van der Waals surface area contributed by atoms with E-state index in [4.69, 9.17) is 21.7 Å². The van der Waals surface area contributed by atoms with Crippen LogP contribution >= 0.6 is 0 Å². The van der Waals surface area contributed by atoms with Crippen LogP contribution in [0.25, 0.3) is 10.4 Å². The predicted molar refractivity (Wildman–Crippen MR) is 188 cm³/mol. The van der Waals surface area contributed by atoms with Crippen LogP contribution < -0.4 is 26.8 Å². The molecule has 6 N–H and O–H groups in total. The number of halogens is 2. The number of nitrogens with one attached hydrogen (secondary N) is 2. The average Bonchev–Trinajstić information content (AvgIpc) is 3.87. The van der Waals surface area contributed by atoms with Gasteiger partial charge in [0.25, 0.3) is 5.91 Å². The lowest BCUT2D eigenvalue weighted by Crippen LogP contribution is -2.44. The Morgan fingerprint density at radius 1 is 0.942 bits per heavy atom. The van der Waals surface area contributed by atoms with Crippen molar-refractivity contribution >= 4 is 29.1 Å². The molecule has 3 aromatic rings. The summed E-state index contributed by atoms with van der Waals surface area (Å²) in [5.74, 6) is -3.57. The van der Waals surface area contributed by atoms with E-state index in [2.05, 4.69) is 31.0 Å². The monoisotopic (exact) mass is 724 g/mol. The van der Waals surface area contributed by atoms with Crippen molar-refractivity contribution in [2.45, 2.75) is 82.8 Å². The number of rotatable bonds is 20. The molecule has 280 valence electrons. The normalized spacial score (nSPS) is 13.5. The van der Waals surface area contributed by atoms with Gasteiger partial charge >= 0.3 is 0 Å². The van der Waals surface area contributed by atoms with Gasteiger partial charge in [-0.1, -0.05) is 41.4 Å². The van der Waals surface area contributed by atoms with Crippen molar-refractivity contribution in [1.82, 2.24) is 25.6 Å². The standard InChI is InChI=1S/C20H21F2N5O3.C15H25N5O2/c21-15-7-4-8-16(22)19(15)30-12-18(28)17(9-1-2-10-23)25-20(29)13-5-3-6-14(11-13)26-27-24;16-8-4-3-7-13(14(21)11-20-10-9-17-19-20)18-15(22)12-5-1-2-6-12/h3-8,11,17H,1-2,9-10,12,23H2,(H,25,29);9-10,12-13H,1-8,11,16H2,(H,18,22)/t17-;13-/m00/s1. The van der Waals surface area contributed by atoms with Crippen LogP contribution in [0.5, 0.6) is 5.75 Å². The highest BCUT2D eigenvalue weighted by Crippen LogP contribution is 2.25. The molecule has 2 atom stereocenters. The number of hydrogen-bond donors (Lipinski definition) is 4. The highest BCUT2D eigenvalue weighted by Gasteiger charge is 2.28. The van der Waals surface area contributed by atoms with E-state index < -0.39 is 47.8 Å². The molecule has 1 fully saturated rings. The quantitative estimate of drug-likeness (QED) is 0.0558. The summed E-state index contributed by atoms with van der Waals surface area (Å²) in [5, 5.41) is 16.5. The van der Waals surface area contributed by atoms with Crippen LogP contribution in [0.3, 0.4) is 0 Å². The molecule has 0 radical (unpaired) electrons. The summed E-state index contributed by atoms with van der Waals surface area (Å²) in [6.07, 6.45) is 11.0. The molecule has 1 saturated carbocycles. The maximum atomic E-state index is 13.7. The number of Topliss-reactive ketones (excluding diaryl/α,β-unsaturated/α-hetero) is 2. The predicted octanol–water partition coefficient (Wildman–Crippen LogP) is 4.43. The van der Waals surface area contributed by atoms with Gasteiger partial charge in [-0.25, -0.2) is 13.5 Å². The van der Waals surface area contributed by atoms with E-state index in [0.29, 0.717) is 32.4 Å². The van der Waals surface area contributed by atoms with Gasteiger partial charge in [0.2, 0.25) is 5.91 Å². The number of ketones is 2. The van der Waals surface area contributed by atoms with Crippen molar-refractivity contribution in [1.29, 1.82) is 0 Å². The third kappa shape index (κ3) is 13.8. The Balaban J connectivity index is 0.000000294. The number of ether oxygens (including phenoxy) is 1. The second-order valence-corrected chi connectivity index (χ2v) is 12.3. The van der Waals surface area contributed by atoms with E-state index in [1.54, 1.807) is 6.20 Å². The van der Waals surface area contributed by atoms with E-state index in [9.17, 15) is 28.0 Å². The molecule has 1 aliphatic carbocycles. The molecule has 4 rings (SSSR count). The van der Waals surface area contributed by atoms with Gasteiger partial charge < -0.3 is 26.8 Å². The molecule has 0 bridgehead atoms. The minimum Gasteiger partial charge on any atom is -0.480 e. The van der Waals surface area contributed by atoms with Crippen LogP contribution in [0.1, 0.15) is 74.6 Å². The summed E-state index contributed by atoms with van der Waals surface area (Å²) in [6.45, 7) is 0.531. The Kier molecular flexibility index (Phi) is 17.8. The summed E-state index contributed by atoms with van der Waals surface area (Å²) in [7, 11) is 0. The molecule has 52 heavy (non-hydrogen) atoms. The highest BCUT2D eigenvalue weighted by atomic mass is 19.1. The van der Waals surface area contributed by atoms with Crippen LogP contribution in [0.4, 0.5) is 14.5 Å². The summed E-state index contributed by atoms with van der Waals surface area (Å²) in [6, 6.07) is 7.75. The summed E-state index contributed by atoms with van der Waals surface area (Å²) in [4.78, 5) is 52.5. The molecule has 0 aliphatic heterocycles. The Morgan fingerprint density at radius 2 is 1.58 bits per heavy atom. The Bertz CT molecular complexity index is 1630. The molecule has 0 unspecified atom stereocenters. The van der Waals surface area contributed by atoms with E-state index >= 15 is 0 Å². The van der Waals surface area contributed by atoms with E-state index in [1.165, 1.54) is 41.2 Å². The zero-order chi connectivity index (χ0) is 37.7. The van der Waals surface area contributed by atoms with Crippen LogP contribution in [-0.2, 0) is 20.9 Å². The first kappa shape index (κ1) is 41.2. The second-order valence-electron chi connectivity index (χ2n) is 12.3. The van der Waals surface area contributed by atoms with Crippen molar-refractivity contribution in [2.24, 2.45) is 22.5 Å². The Labute approximate surface area is 300 Å². The molecular formula is C35H46F2N10O5. The first-order chi connectivity index (χ1) is 25.2. The van der Waals surface area contributed by atoms with Gasteiger partial charge in [0.1, 0.15) is 13.2 Å². The number of nitrogens with zero attached hydrogens (tertiary/aromatic N) is 6. The number of carbonyl (C=O) groups is 4. The number of para-hydroxylation sites is 1. The Hall–Kier alpha value is -5.25. The number of azide groups is 1.